The maximum absolute atomic E-state index is 5.77. The van der Waals surface area contributed by atoms with Crippen LogP contribution < -0.4 is 4.74 Å². The van der Waals surface area contributed by atoms with Gasteiger partial charge in [0.15, 0.2) is 5.16 Å². The fraction of sp³-hybridized carbons (Fsp3) is 0.412. The molecule has 4 heteroatoms. The van der Waals surface area contributed by atoms with Crippen molar-refractivity contribution in [2.24, 2.45) is 5.41 Å². The van der Waals surface area contributed by atoms with Crippen molar-refractivity contribution < 1.29 is 4.74 Å². The second-order valence-corrected chi connectivity index (χ2v) is 7.38. The standard InChI is InChI=1S/C17H22N2OS/c1-12-10-18-16(19-13(12)2)21-15-8-6-14(7-9-15)20-11-17(3,4)5/h6-10H,11H2,1-5H3. The lowest BCUT2D eigenvalue weighted by atomic mass is 9.99. The zero-order chi connectivity index (χ0) is 15.5. The number of rotatable bonds is 4. The summed E-state index contributed by atoms with van der Waals surface area (Å²) in [5.74, 6) is 0.898. The Morgan fingerprint density at radius 3 is 2.33 bits per heavy atom. The normalized spacial score (nSPS) is 11.5. The zero-order valence-corrected chi connectivity index (χ0v) is 14.1. The van der Waals surface area contributed by atoms with Crippen molar-refractivity contribution in [1.29, 1.82) is 0 Å². The van der Waals surface area contributed by atoms with E-state index in [4.69, 9.17) is 4.74 Å². The number of ether oxygens (including phenoxy) is 1. The molecule has 0 saturated carbocycles. The second kappa shape index (κ2) is 6.48. The Labute approximate surface area is 131 Å². The molecule has 3 nitrogen and oxygen atoms in total. The fourth-order valence-electron chi connectivity index (χ4n) is 1.56. The van der Waals surface area contributed by atoms with Crippen LogP contribution in [0.2, 0.25) is 0 Å². The molecule has 2 aromatic rings. The number of hydrogen-bond donors (Lipinski definition) is 0. The van der Waals surface area contributed by atoms with Gasteiger partial charge in [0.25, 0.3) is 0 Å². The van der Waals surface area contributed by atoms with E-state index in [0.717, 1.165) is 27.1 Å². The molecule has 0 aliphatic rings. The Morgan fingerprint density at radius 2 is 1.76 bits per heavy atom. The van der Waals surface area contributed by atoms with Gasteiger partial charge in [-0.3, -0.25) is 0 Å². The Kier molecular flexibility index (Phi) is 4.88. The van der Waals surface area contributed by atoms with E-state index < -0.39 is 0 Å². The van der Waals surface area contributed by atoms with Gasteiger partial charge in [-0.25, -0.2) is 9.97 Å². The van der Waals surface area contributed by atoms with E-state index in [2.05, 4.69) is 30.7 Å². The first kappa shape index (κ1) is 15.8. The molecule has 21 heavy (non-hydrogen) atoms. The van der Waals surface area contributed by atoms with Gasteiger partial charge in [0.2, 0.25) is 0 Å². The quantitative estimate of drug-likeness (QED) is 0.769. The predicted octanol–water partition coefficient (Wildman–Crippen LogP) is 4.67. The molecule has 112 valence electrons. The summed E-state index contributed by atoms with van der Waals surface area (Å²) >= 11 is 1.57. The van der Waals surface area contributed by atoms with E-state index in [0.29, 0.717) is 6.61 Å². The fourth-order valence-corrected chi connectivity index (χ4v) is 2.34. The molecule has 0 aliphatic heterocycles. The summed E-state index contributed by atoms with van der Waals surface area (Å²) in [6.45, 7) is 11.2. The molecule has 0 fully saturated rings. The Morgan fingerprint density at radius 1 is 1.10 bits per heavy atom. The van der Waals surface area contributed by atoms with Crippen LogP contribution in [0.3, 0.4) is 0 Å². The Balaban J connectivity index is 2.00. The van der Waals surface area contributed by atoms with Crippen molar-refractivity contribution in [3.05, 3.63) is 41.7 Å². The van der Waals surface area contributed by atoms with Crippen LogP contribution in [0.15, 0.2) is 40.5 Å². The van der Waals surface area contributed by atoms with Gasteiger partial charge in [0.05, 0.1) is 6.61 Å². The van der Waals surface area contributed by atoms with Gasteiger partial charge in [0, 0.05) is 16.8 Å². The first-order valence-corrected chi connectivity index (χ1v) is 7.86. The number of nitrogens with zero attached hydrogens (tertiary/aromatic N) is 2. The van der Waals surface area contributed by atoms with Crippen LogP contribution in [0.25, 0.3) is 0 Å². The minimum absolute atomic E-state index is 0.167. The van der Waals surface area contributed by atoms with Crippen molar-refractivity contribution >= 4 is 11.8 Å². The van der Waals surface area contributed by atoms with Crippen molar-refractivity contribution in [3.63, 3.8) is 0 Å². The third-order valence-electron chi connectivity index (χ3n) is 2.91. The third-order valence-corrected chi connectivity index (χ3v) is 3.79. The van der Waals surface area contributed by atoms with Gasteiger partial charge in [-0.05, 0) is 60.9 Å². The molecule has 0 saturated heterocycles. The molecule has 0 bridgehead atoms. The van der Waals surface area contributed by atoms with Crippen molar-refractivity contribution in [2.45, 2.75) is 44.7 Å². The number of hydrogen-bond acceptors (Lipinski definition) is 4. The zero-order valence-electron chi connectivity index (χ0n) is 13.3. The molecule has 0 atom stereocenters. The van der Waals surface area contributed by atoms with E-state index in [1.165, 1.54) is 0 Å². The minimum Gasteiger partial charge on any atom is -0.493 e. The molecule has 0 unspecified atom stereocenters. The monoisotopic (exact) mass is 302 g/mol. The van der Waals surface area contributed by atoms with Crippen molar-refractivity contribution in [1.82, 2.24) is 9.97 Å². The van der Waals surface area contributed by atoms with Gasteiger partial charge in [0.1, 0.15) is 5.75 Å². The van der Waals surface area contributed by atoms with E-state index in [1.807, 2.05) is 44.3 Å². The van der Waals surface area contributed by atoms with Gasteiger partial charge >= 0.3 is 0 Å². The van der Waals surface area contributed by atoms with Crippen LogP contribution >= 0.6 is 11.8 Å². The van der Waals surface area contributed by atoms with Crippen LogP contribution in [0.4, 0.5) is 0 Å². The maximum Gasteiger partial charge on any atom is 0.192 e. The number of benzene rings is 1. The molecule has 1 aromatic carbocycles. The van der Waals surface area contributed by atoms with Gasteiger partial charge < -0.3 is 4.74 Å². The molecule has 1 heterocycles. The Hall–Kier alpha value is -1.55. The summed E-state index contributed by atoms with van der Waals surface area (Å²) < 4.78 is 5.77. The highest BCUT2D eigenvalue weighted by atomic mass is 32.2. The SMILES string of the molecule is Cc1cnc(Sc2ccc(OCC(C)(C)C)cc2)nc1C. The summed E-state index contributed by atoms with van der Waals surface area (Å²) in [6.07, 6.45) is 1.87. The highest BCUT2D eigenvalue weighted by molar-refractivity contribution is 7.99. The predicted molar refractivity (Wildman–Crippen MR) is 87.0 cm³/mol. The number of aromatic nitrogens is 2. The van der Waals surface area contributed by atoms with Crippen LogP contribution in [-0.4, -0.2) is 16.6 Å². The summed E-state index contributed by atoms with van der Waals surface area (Å²) in [5.41, 5.74) is 2.31. The molecule has 0 amide bonds. The van der Waals surface area contributed by atoms with Gasteiger partial charge in [-0.1, -0.05) is 20.8 Å². The summed E-state index contributed by atoms with van der Waals surface area (Å²) in [5, 5.41) is 0.779. The van der Waals surface area contributed by atoms with Crippen LogP contribution in [0, 0.1) is 19.3 Å². The molecule has 0 radical (unpaired) electrons. The number of aryl methyl sites for hydroxylation is 2. The maximum atomic E-state index is 5.77. The highest BCUT2D eigenvalue weighted by Gasteiger charge is 2.11. The molecule has 2 rings (SSSR count). The molecule has 1 aromatic heterocycles. The molecule has 0 N–H and O–H groups in total. The smallest absolute Gasteiger partial charge is 0.192 e. The molecule has 0 aliphatic carbocycles. The third kappa shape index (κ3) is 5.05. The van der Waals surface area contributed by atoms with Gasteiger partial charge in [-0.15, -0.1) is 0 Å². The van der Waals surface area contributed by atoms with Gasteiger partial charge in [-0.2, -0.15) is 0 Å². The summed E-state index contributed by atoms with van der Waals surface area (Å²) in [6, 6.07) is 8.08. The molecular weight excluding hydrogens is 280 g/mol. The molecule has 0 spiro atoms. The van der Waals surface area contributed by atoms with Crippen molar-refractivity contribution in [2.75, 3.05) is 6.61 Å². The Bertz CT molecular complexity index is 603. The average molecular weight is 302 g/mol. The second-order valence-electron chi connectivity index (χ2n) is 6.34. The lowest BCUT2D eigenvalue weighted by Crippen LogP contribution is -2.16. The first-order valence-electron chi connectivity index (χ1n) is 7.04. The largest absolute Gasteiger partial charge is 0.493 e. The van der Waals surface area contributed by atoms with E-state index in [1.54, 1.807) is 11.8 Å². The van der Waals surface area contributed by atoms with E-state index >= 15 is 0 Å². The summed E-state index contributed by atoms with van der Waals surface area (Å²) in [7, 11) is 0. The lowest BCUT2D eigenvalue weighted by Gasteiger charge is -2.18. The lowest BCUT2D eigenvalue weighted by molar-refractivity contribution is 0.198. The molecular formula is C17H22N2OS. The first-order chi connectivity index (χ1) is 9.83. The van der Waals surface area contributed by atoms with Crippen LogP contribution in [-0.2, 0) is 0 Å². The van der Waals surface area contributed by atoms with Crippen LogP contribution in [0.5, 0.6) is 5.75 Å². The average Bonchev–Trinajstić information content (AvgIpc) is 2.41. The van der Waals surface area contributed by atoms with E-state index in [-0.39, 0.29) is 5.41 Å². The summed E-state index contributed by atoms with van der Waals surface area (Å²) in [4.78, 5) is 9.94. The minimum atomic E-state index is 0.167. The topological polar surface area (TPSA) is 35.0 Å². The van der Waals surface area contributed by atoms with Crippen molar-refractivity contribution in [3.8, 4) is 5.75 Å². The highest BCUT2D eigenvalue weighted by Crippen LogP contribution is 2.27. The van der Waals surface area contributed by atoms with E-state index in [9.17, 15) is 0 Å². The van der Waals surface area contributed by atoms with Crippen LogP contribution in [0.1, 0.15) is 32.0 Å².